The van der Waals surface area contributed by atoms with Crippen LogP contribution < -0.4 is 0 Å². The Labute approximate surface area is 121 Å². The van der Waals surface area contributed by atoms with Gasteiger partial charge in [-0.05, 0) is 42.4 Å². The SMILES string of the molecule is CN(C)C(=NCC1(Cc2ccc(F)cc2)CC1)N(C)C. The first kappa shape index (κ1) is 14.8. The summed E-state index contributed by atoms with van der Waals surface area (Å²) in [6, 6.07) is 6.86. The van der Waals surface area contributed by atoms with Gasteiger partial charge < -0.3 is 9.80 Å². The molecule has 1 aliphatic carbocycles. The second-order valence-corrected chi connectivity index (χ2v) is 6.21. The Kier molecular flexibility index (Phi) is 4.31. The summed E-state index contributed by atoms with van der Waals surface area (Å²) < 4.78 is 12.9. The normalized spacial score (nSPS) is 15.7. The lowest BCUT2D eigenvalue weighted by atomic mass is 9.96. The molecule has 110 valence electrons. The summed E-state index contributed by atoms with van der Waals surface area (Å²) in [6.45, 7) is 0.843. The van der Waals surface area contributed by atoms with Crippen LogP contribution in [0.3, 0.4) is 0 Å². The predicted octanol–water partition coefficient (Wildman–Crippen LogP) is 2.63. The smallest absolute Gasteiger partial charge is 0.195 e. The van der Waals surface area contributed by atoms with Crippen LogP contribution in [-0.4, -0.2) is 50.5 Å². The van der Waals surface area contributed by atoms with Gasteiger partial charge in [-0.1, -0.05) is 12.1 Å². The third kappa shape index (κ3) is 3.71. The summed E-state index contributed by atoms with van der Waals surface area (Å²) in [4.78, 5) is 8.84. The Morgan fingerprint density at radius 3 is 2.10 bits per heavy atom. The molecule has 0 aliphatic heterocycles. The molecule has 1 aromatic rings. The van der Waals surface area contributed by atoms with Crippen LogP contribution in [0.1, 0.15) is 18.4 Å². The van der Waals surface area contributed by atoms with Gasteiger partial charge in [0.2, 0.25) is 0 Å². The van der Waals surface area contributed by atoms with Crippen LogP contribution in [0.15, 0.2) is 29.3 Å². The van der Waals surface area contributed by atoms with Gasteiger partial charge in [0.15, 0.2) is 5.96 Å². The van der Waals surface area contributed by atoms with Crippen LogP contribution >= 0.6 is 0 Å². The van der Waals surface area contributed by atoms with Crippen LogP contribution in [0.2, 0.25) is 0 Å². The van der Waals surface area contributed by atoms with Crippen molar-refractivity contribution in [3.8, 4) is 0 Å². The molecule has 4 heteroatoms. The Morgan fingerprint density at radius 1 is 1.10 bits per heavy atom. The number of nitrogens with zero attached hydrogens (tertiary/aromatic N) is 3. The van der Waals surface area contributed by atoms with Crippen molar-refractivity contribution in [2.45, 2.75) is 19.3 Å². The number of hydrogen-bond acceptors (Lipinski definition) is 1. The molecule has 0 N–H and O–H groups in total. The maximum Gasteiger partial charge on any atom is 0.195 e. The molecule has 0 saturated heterocycles. The zero-order valence-corrected chi connectivity index (χ0v) is 12.9. The molecule has 0 radical (unpaired) electrons. The van der Waals surface area contributed by atoms with Crippen LogP contribution in [-0.2, 0) is 6.42 Å². The van der Waals surface area contributed by atoms with Gasteiger partial charge in [-0.15, -0.1) is 0 Å². The fourth-order valence-corrected chi connectivity index (χ4v) is 2.52. The molecule has 0 aromatic heterocycles. The quantitative estimate of drug-likeness (QED) is 0.622. The molecule has 0 bridgehead atoms. The van der Waals surface area contributed by atoms with Gasteiger partial charge in [0, 0.05) is 34.7 Å². The number of guanidine groups is 1. The van der Waals surface area contributed by atoms with E-state index in [2.05, 4.69) is 0 Å². The van der Waals surface area contributed by atoms with Crippen LogP contribution in [0.25, 0.3) is 0 Å². The lowest BCUT2D eigenvalue weighted by molar-refractivity contribution is 0.460. The molecule has 1 saturated carbocycles. The molecule has 0 atom stereocenters. The number of aliphatic imine (C=N–C) groups is 1. The molecule has 0 unspecified atom stereocenters. The van der Waals surface area contributed by atoms with E-state index < -0.39 is 0 Å². The van der Waals surface area contributed by atoms with E-state index in [0.717, 1.165) is 18.9 Å². The minimum atomic E-state index is -0.167. The fourth-order valence-electron chi connectivity index (χ4n) is 2.52. The first-order chi connectivity index (χ1) is 9.42. The minimum absolute atomic E-state index is 0.167. The summed E-state index contributed by atoms with van der Waals surface area (Å²) in [6.07, 6.45) is 3.41. The topological polar surface area (TPSA) is 18.8 Å². The van der Waals surface area contributed by atoms with E-state index in [9.17, 15) is 4.39 Å². The number of rotatable bonds is 4. The highest BCUT2D eigenvalue weighted by molar-refractivity contribution is 5.79. The van der Waals surface area contributed by atoms with E-state index in [1.54, 1.807) is 12.1 Å². The van der Waals surface area contributed by atoms with Gasteiger partial charge in [-0.25, -0.2) is 4.39 Å². The predicted molar refractivity (Wildman–Crippen MR) is 81.4 cm³/mol. The Balaban J connectivity index is 2.01. The summed E-state index contributed by atoms with van der Waals surface area (Å²) in [7, 11) is 8.05. The molecule has 0 heterocycles. The number of benzene rings is 1. The molecule has 20 heavy (non-hydrogen) atoms. The Hall–Kier alpha value is -1.58. The first-order valence-corrected chi connectivity index (χ1v) is 7.05. The van der Waals surface area contributed by atoms with Crippen molar-refractivity contribution in [1.29, 1.82) is 0 Å². The third-order valence-corrected chi connectivity index (χ3v) is 3.81. The van der Waals surface area contributed by atoms with Crippen LogP contribution in [0, 0.1) is 11.2 Å². The molecule has 1 aromatic carbocycles. The highest BCUT2D eigenvalue weighted by Crippen LogP contribution is 2.48. The zero-order chi connectivity index (χ0) is 14.8. The van der Waals surface area contributed by atoms with Crippen molar-refractivity contribution in [2.75, 3.05) is 34.7 Å². The maximum absolute atomic E-state index is 12.9. The highest BCUT2D eigenvalue weighted by atomic mass is 19.1. The third-order valence-electron chi connectivity index (χ3n) is 3.81. The Bertz CT molecular complexity index is 463. The molecule has 2 rings (SSSR count). The van der Waals surface area contributed by atoms with E-state index in [1.807, 2.05) is 50.1 Å². The van der Waals surface area contributed by atoms with E-state index in [4.69, 9.17) is 4.99 Å². The van der Waals surface area contributed by atoms with Crippen molar-refractivity contribution >= 4 is 5.96 Å². The van der Waals surface area contributed by atoms with E-state index in [-0.39, 0.29) is 11.2 Å². The second-order valence-electron chi connectivity index (χ2n) is 6.21. The van der Waals surface area contributed by atoms with Crippen LogP contribution in [0.4, 0.5) is 4.39 Å². The Morgan fingerprint density at radius 2 is 1.65 bits per heavy atom. The molecule has 3 nitrogen and oxygen atoms in total. The van der Waals surface area contributed by atoms with E-state index in [0.29, 0.717) is 0 Å². The van der Waals surface area contributed by atoms with Crippen molar-refractivity contribution in [3.05, 3.63) is 35.6 Å². The number of halogens is 1. The highest BCUT2D eigenvalue weighted by Gasteiger charge is 2.42. The molecule has 0 spiro atoms. The average Bonchev–Trinajstić information content (AvgIpc) is 3.12. The summed E-state index contributed by atoms with van der Waals surface area (Å²) in [5.41, 5.74) is 1.49. The minimum Gasteiger partial charge on any atom is -0.349 e. The van der Waals surface area contributed by atoms with Crippen LogP contribution in [0.5, 0.6) is 0 Å². The van der Waals surface area contributed by atoms with Crippen molar-refractivity contribution in [2.24, 2.45) is 10.4 Å². The monoisotopic (exact) mass is 277 g/mol. The van der Waals surface area contributed by atoms with Crippen molar-refractivity contribution < 1.29 is 4.39 Å². The summed E-state index contributed by atoms with van der Waals surface area (Å²) in [5.74, 6) is 0.828. The summed E-state index contributed by atoms with van der Waals surface area (Å²) >= 11 is 0. The van der Waals surface area contributed by atoms with Gasteiger partial charge in [-0.2, -0.15) is 0 Å². The molecule has 0 amide bonds. The van der Waals surface area contributed by atoms with Gasteiger partial charge in [0.1, 0.15) is 5.82 Å². The molecule has 1 fully saturated rings. The average molecular weight is 277 g/mol. The van der Waals surface area contributed by atoms with Gasteiger partial charge in [-0.3, -0.25) is 4.99 Å². The van der Waals surface area contributed by atoms with Gasteiger partial charge in [0.05, 0.1) is 0 Å². The van der Waals surface area contributed by atoms with Gasteiger partial charge in [0.25, 0.3) is 0 Å². The maximum atomic E-state index is 12.9. The molecular formula is C16H24FN3. The zero-order valence-electron chi connectivity index (χ0n) is 12.9. The number of hydrogen-bond donors (Lipinski definition) is 0. The second kappa shape index (κ2) is 5.81. The van der Waals surface area contributed by atoms with Crippen molar-refractivity contribution in [1.82, 2.24) is 9.80 Å². The van der Waals surface area contributed by atoms with E-state index in [1.165, 1.54) is 18.4 Å². The molecular weight excluding hydrogens is 253 g/mol. The lowest BCUT2D eigenvalue weighted by Gasteiger charge is -2.24. The standard InChI is InChI=1S/C16H24FN3/c1-19(2)15(20(3)4)18-12-16(9-10-16)11-13-5-7-14(17)8-6-13/h5-8H,9-12H2,1-4H3. The van der Waals surface area contributed by atoms with Gasteiger partial charge >= 0.3 is 0 Å². The molecule has 1 aliphatic rings. The first-order valence-electron chi connectivity index (χ1n) is 7.05. The van der Waals surface area contributed by atoms with E-state index >= 15 is 0 Å². The summed E-state index contributed by atoms with van der Waals surface area (Å²) in [5, 5.41) is 0. The van der Waals surface area contributed by atoms with Crippen molar-refractivity contribution in [3.63, 3.8) is 0 Å². The lowest BCUT2D eigenvalue weighted by Crippen LogP contribution is -2.36. The fraction of sp³-hybridized carbons (Fsp3) is 0.562. The largest absolute Gasteiger partial charge is 0.349 e.